The van der Waals surface area contributed by atoms with E-state index in [0.717, 1.165) is 42.2 Å². The molecule has 3 heterocycles. The molecule has 1 fully saturated rings. The normalized spacial score (nSPS) is 16.3. The number of rotatable bonds is 6. The molecular formula is C23H25FN6O. The summed E-state index contributed by atoms with van der Waals surface area (Å²) in [5.74, 6) is -0.132. The molecule has 31 heavy (non-hydrogen) atoms. The Morgan fingerprint density at radius 1 is 1.16 bits per heavy atom. The van der Waals surface area contributed by atoms with Crippen LogP contribution in [-0.4, -0.2) is 38.8 Å². The van der Waals surface area contributed by atoms with E-state index >= 15 is 0 Å². The molecule has 1 aromatic carbocycles. The number of aryl methyl sites for hydroxylation is 2. The minimum atomic E-state index is -0.439. The topological polar surface area (TPSA) is 83.0 Å². The lowest BCUT2D eigenvalue weighted by Crippen LogP contribution is -2.33. The summed E-state index contributed by atoms with van der Waals surface area (Å²) in [6.07, 6.45) is 3.66. The summed E-state index contributed by atoms with van der Waals surface area (Å²) in [5.41, 5.74) is 3.70. The van der Waals surface area contributed by atoms with Gasteiger partial charge in [0.25, 0.3) is 0 Å². The van der Waals surface area contributed by atoms with Crippen LogP contribution in [0.25, 0.3) is 0 Å². The van der Waals surface area contributed by atoms with Crippen molar-refractivity contribution in [1.29, 1.82) is 0 Å². The number of aromatic nitrogens is 3. The molecule has 0 unspecified atom stereocenters. The zero-order chi connectivity index (χ0) is 21.8. The molecule has 7 nitrogen and oxygen atoms in total. The summed E-state index contributed by atoms with van der Waals surface area (Å²) in [7, 11) is 0. The zero-order valence-corrected chi connectivity index (χ0v) is 17.6. The van der Waals surface area contributed by atoms with Gasteiger partial charge in [-0.05, 0) is 63.6 Å². The van der Waals surface area contributed by atoms with E-state index < -0.39 is 5.82 Å². The third-order valence-electron chi connectivity index (χ3n) is 5.22. The summed E-state index contributed by atoms with van der Waals surface area (Å²) in [5, 5.41) is 5.84. The Kier molecular flexibility index (Phi) is 6.18. The van der Waals surface area contributed by atoms with E-state index in [1.165, 1.54) is 6.07 Å². The molecule has 2 N–H and O–H groups in total. The average Bonchev–Trinajstić information content (AvgIpc) is 3.17. The van der Waals surface area contributed by atoms with Crippen LogP contribution in [0.5, 0.6) is 0 Å². The predicted molar refractivity (Wildman–Crippen MR) is 118 cm³/mol. The van der Waals surface area contributed by atoms with Crippen LogP contribution in [-0.2, 0) is 4.79 Å². The number of para-hydroxylation sites is 1. The van der Waals surface area contributed by atoms with Crippen molar-refractivity contribution in [3.8, 4) is 0 Å². The number of nitrogens with zero attached hydrogens (tertiary/aromatic N) is 4. The van der Waals surface area contributed by atoms with Crippen LogP contribution in [0.4, 0.5) is 21.7 Å². The molecular weight excluding hydrogens is 395 g/mol. The van der Waals surface area contributed by atoms with E-state index in [-0.39, 0.29) is 24.2 Å². The molecule has 1 atom stereocenters. The highest BCUT2D eigenvalue weighted by molar-refractivity contribution is 5.92. The van der Waals surface area contributed by atoms with Crippen LogP contribution in [0.1, 0.15) is 36.0 Å². The number of benzene rings is 1. The van der Waals surface area contributed by atoms with Gasteiger partial charge in [-0.15, -0.1) is 0 Å². The Morgan fingerprint density at radius 2 is 1.94 bits per heavy atom. The molecule has 0 bridgehead atoms. The highest BCUT2D eigenvalue weighted by Crippen LogP contribution is 2.31. The van der Waals surface area contributed by atoms with E-state index in [1.807, 2.05) is 32.0 Å². The molecule has 0 aliphatic carbocycles. The number of halogens is 1. The second-order valence-electron chi connectivity index (χ2n) is 7.73. The minimum absolute atomic E-state index is 0.0536. The molecule has 2 aromatic heterocycles. The first-order valence-electron chi connectivity index (χ1n) is 10.3. The fraction of sp³-hybridized carbons (Fsp3) is 0.304. The van der Waals surface area contributed by atoms with Crippen molar-refractivity contribution in [1.82, 2.24) is 19.9 Å². The molecule has 0 saturated carbocycles. The van der Waals surface area contributed by atoms with Gasteiger partial charge in [0.2, 0.25) is 11.9 Å². The van der Waals surface area contributed by atoms with Crippen molar-refractivity contribution in [2.45, 2.75) is 32.7 Å². The Bertz CT molecular complexity index is 1050. The van der Waals surface area contributed by atoms with E-state index in [0.29, 0.717) is 5.95 Å². The number of amides is 1. The molecule has 4 rings (SSSR count). The molecule has 1 saturated heterocycles. The van der Waals surface area contributed by atoms with Crippen molar-refractivity contribution in [3.63, 3.8) is 0 Å². The van der Waals surface area contributed by atoms with Gasteiger partial charge in [-0.1, -0.05) is 12.1 Å². The quantitative estimate of drug-likeness (QED) is 0.623. The first kappa shape index (κ1) is 20.9. The average molecular weight is 420 g/mol. The number of carbonyl (C=O) groups is 1. The van der Waals surface area contributed by atoms with Gasteiger partial charge in [0.05, 0.1) is 35.9 Å². The minimum Gasteiger partial charge on any atom is -0.323 e. The summed E-state index contributed by atoms with van der Waals surface area (Å²) >= 11 is 0. The zero-order valence-electron chi connectivity index (χ0n) is 17.6. The summed E-state index contributed by atoms with van der Waals surface area (Å²) in [6.45, 7) is 4.85. The molecule has 1 amide bonds. The van der Waals surface area contributed by atoms with E-state index in [9.17, 15) is 9.18 Å². The molecule has 160 valence electrons. The Balaban J connectivity index is 1.40. The Labute approximate surface area is 180 Å². The van der Waals surface area contributed by atoms with Gasteiger partial charge in [0, 0.05) is 11.4 Å². The molecule has 1 aliphatic heterocycles. The third kappa shape index (κ3) is 5.21. The second-order valence-corrected chi connectivity index (χ2v) is 7.73. The lowest BCUT2D eigenvalue weighted by Gasteiger charge is -2.23. The first-order valence-corrected chi connectivity index (χ1v) is 10.3. The van der Waals surface area contributed by atoms with Gasteiger partial charge < -0.3 is 10.6 Å². The van der Waals surface area contributed by atoms with Crippen LogP contribution in [0.3, 0.4) is 0 Å². The third-order valence-corrected chi connectivity index (χ3v) is 5.22. The SMILES string of the molecule is Cc1cc(C)nc(Nc2ccc([C@H]3CCCN3CC(=O)Nc3ccccc3F)nc2)n1. The van der Waals surface area contributed by atoms with E-state index in [1.54, 1.807) is 24.4 Å². The largest absolute Gasteiger partial charge is 0.323 e. The Morgan fingerprint density at radius 3 is 2.65 bits per heavy atom. The molecule has 0 radical (unpaired) electrons. The number of likely N-dealkylation sites (tertiary alicyclic amines) is 1. The van der Waals surface area contributed by atoms with Crippen LogP contribution in [0.2, 0.25) is 0 Å². The van der Waals surface area contributed by atoms with Gasteiger partial charge in [0.1, 0.15) is 5.82 Å². The van der Waals surface area contributed by atoms with Crippen molar-refractivity contribution in [2.24, 2.45) is 0 Å². The van der Waals surface area contributed by atoms with Gasteiger partial charge in [-0.25, -0.2) is 14.4 Å². The second kappa shape index (κ2) is 9.18. The number of anilines is 3. The van der Waals surface area contributed by atoms with Gasteiger partial charge >= 0.3 is 0 Å². The maximum absolute atomic E-state index is 13.8. The summed E-state index contributed by atoms with van der Waals surface area (Å²) in [4.78, 5) is 27.9. The molecule has 3 aromatic rings. The number of pyridine rings is 1. The van der Waals surface area contributed by atoms with Crippen molar-refractivity contribution >= 4 is 23.2 Å². The summed E-state index contributed by atoms with van der Waals surface area (Å²) < 4.78 is 13.8. The highest BCUT2D eigenvalue weighted by Gasteiger charge is 2.28. The molecule has 0 spiro atoms. The van der Waals surface area contributed by atoms with Crippen molar-refractivity contribution in [3.05, 3.63) is 71.6 Å². The van der Waals surface area contributed by atoms with Crippen LogP contribution in [0, 0.1) is 19.7 Å². The van der Waals surface area contributed by atoms with Crippen molar-refractivity contribution in [2.75, 3.05) is 23.7 Å². The van der Waals surface area contributed by atoms with Gasteiger partial charge in [-0.3, -0.25) is 14.7 Å². The van der Waals surface area contributed by atoms with Crippen LogP contribution >= 0.6 is 0 Å². The summed E-state index contributed by atoms with van der Waals surface area (Å²) in [6, 6.07) is 12.1. The fourth-order valence-electron chi connectivity index (χ4n) is 3.87. The van der Waals surface area contributed by atoms with Gasteiger partial charge in [-0.2, -0.15) is 0 Å². The van der Waals surface area contributed by atoms with Crippen molar-refractivity contribution < 1.29 is 9.18 Å². The number of hydrogen-bond donors (Lipinski definition) is 2. The van der Waals surface area contributed by atoms with Crippen LogP contribution < -0.4 is 10.6 Å². The van der Waals surface area contributed by atoms with Gasteiger partial charge in [0.15, 0.2) is 0 Å². The lowest BCUT2D eigenvalue weighted by atomic mass is 10.1. The van der Waals surface area contributed by atoms with E-state index in [2.05, 4.69) is 30.5 Å². The predicted octanol–water partition coefficient (Wildman–Crippen LogP) is 4.15. The molecule has 1 aliphatic rings. The van der Waals surface area contributed by atoms with E-state index in [4.69, 9.17) is 0 Å². The molecule has 8 heteroatoms. The smallest absolute Gasteiger partial charge is 0.238 e. The lowest BCUT2D eigenvalue weighted by molar-refractivity contribution is -0.117. The first-order chi connectivity index (χ1) is 15.0. The highest BCUT2D eigenvalue weighted by atomic mass is 19.1. The number of carbonyl (C=O) groups excluding carboxylic acids is 1. The van der Waals surface area contributed by atoms with Crippen LogP contribution in [0.15, 0.2) is 48.7 Å². The fourth-order valence-corrected chi connectivity index (χ4v) is 3.87. The number of hydrogen-bond acceptors (Lipinski definition) is 6. The number of nitrogens with one attached hydrogen (secondary N) is 2. The maximum atomic E-state index is 13.8. The monoisotopic (exact) mass is 420 g/mol. The Hall–Kier alpha value is -3.39. The maximum Gasteiger partial charge on any atom is 0.238 e. The standard InChI is InChI=1S/C23H25FN6O/c1-15-12-16(2)27-23(26-15)28-17-9-10-20(25-13-17)21-8-5-11-30(21)14-22(31)29-19-7-4-3-6-18(19)24/h3-4,6-7,9-10,12-13,21H,5,8,11,14H2,1-2H3,(H,29,31)(H,26,27,28)/t21-/m1/s1.